The summed E-state index contributed by atoms with van der Waals surface area (Å²) in [5, 5.41) is 13.8. The summed E-state index contributed by atoms with van der Waals surface area (Å²) in [6.45, 7) is 4.78. The highest BCUT2D eigenvalue weighted by molar-refractivity contribution is 7.47. The molecule has 0 saturated heterocycles. The fraction of sp³-hybridized carbons (Fsp3) is 0.878. The maximum Gasteiger partial charge on any atom is 0.472 e. The van der Waals surface area contributed by atoms with Crippen LogP contribution < -0.4 is 5.32 Å². The first-order valence-corrected chi connectivity index (χ1v) is 22.2. The molecule has 0 aromatic rings. The smallest absolute Gasteiger partial charge is 0.387 e. The van der Waals surface area contributed by atoms with Gasteiger partial charge in [0.25, 0.3) is 0 Å². The van der Waals surface area contributed by atoms with E-state index >= 15 is 0 Å². The van der Waals surface area contributed by atoms with Crippen LogP contribution in [0.5, 0.6) is 0 Å². The van der Waals surface area contributed by atoms with Crippen molar-refractivity contribution in [1.82, 2.24) is 5.32 Å². The number of likely N-dealkylation sites (N-methyl/N-ethyl adjacent to an activating group) is 1. The lowest BCUT2D eigenvalue weighted by atomic mass is 10.0. The highest BCUT2D eigenvalue weighted by atomic mass is 31.2. The summed E-state index contributed by atoms with van der Waals surface area (Å²) in [6.07, 6.45) is 38.0. The van der Waals surface area contributed by atoms with E-state index in [1.807, 2.05) is 27.2 Å². The monoisotopic (exact) mass is 730 g/mol. The largest absolute Gasteiger partial charge is 0.472 e. The normalized spacial score (nSPS) is 14.8. The first kappa shape index (κ1) is 49.0. The van der Waals surface area contributed by atoms with Crippen LogP contribution in [-0.4, -0.2) is 73.4 Å². The van der Waals surface area contributed by atoms with Crippen LogP contribution in [0.4, 0.5) is 0 Å². The Kier molecular flexibility index (Phi) is 33.1. The fourth-order valence-corrected chi connectivity index (χ4v) is 6.53. The highest BCUT2D eigenvalue weighted by Gasteiger charge is 2.27. The summed E-state index contributed by atoms with van der Waals surface area (Å²) in [5.41, 5.74) is 0. The Hall–Kier alpha value is -1.02. The number of hydrogen-bond acceptors (Lipinski definition) is 5. The number of phosphoric acid groups is 1. The number of quaternary nitrogens is 1. The first-order chi connectivity index (χ1) is 24.0. The van der Waals surface area contributed by atoms with E-state index in [9.17, 15) is 19.4 Å². The van der Waals surface area contributed by atoms with Gasteiger partial charge in [0, 0.05) is 6.42 Å². The predicted octanol–water partition coefficient (Wildman–Crippen LogP) is 11.0. The van der Waals surface area contributed by atoms with Crippen molar-refractivity contribution in [2.75, 3.05) is 40.9 Å². The number of rotatable bonds is 37. The third-order valence-electron chi connectivity index (χ3n) is 9.17. The molecule has 0 bridgehead atoms. The van der Waals surface area contributed by atoms with Gasteiger partial charge in [-0.15, -0.1) is 0 Å². The van der Waals surface area contributed by atoms with Gasteiger partial charge in [-0.05, 0) is 44.9 Å². The minimum absolute atomic E-state index is 0.0607. The number of allylic oxidation sites excluding steroid dienone is 3. The number of nitrogens with zero attached hydrogens (tertiary/aromatic N) is 1. The number of carbonyl (C=O) groups is 1. The van der Waals surface area contributed by atoms with Crippen LogP contribution in [0.15, 0.2) is 24.3 Å². The molecule has 3 N–H and O–H groups in total. The van der Waals surface area contributed by atoms with Gasteiger partial charge in [-0.1, -0.05) is 154 Å². The van der Waals surface area contributed by atoms with Crippen LogP contribution >= 0.6 is 7.82 Å². The highest BCUT2D eigenvalue weighted by Crippen LogP contribution is 2.43. The van der Waals surface area contributed by atoms with E-state index in [2.05, 4.69) is 31.3 Å². The molecular formula is C41H82N2O6P+. The van der Waals surface area contributed by atoms with Crippen LogP contribution in [0.2, 0.25) is 0 Å². The third kappa shape index (κ3) is 35.4. The Bertz CT molecular complexity index is 876. The molecule has 0 saturated carbocycles. The van der Waals surface area contributed by atoms with E-state index in [1.165, 1.54) is 109 Å². The SMILES string of the molecule is CCCCCCC/C=C\CCCCCCCC(=O)NC(COP(=O)(O)OCC[N+](C)(C)C)C(O)/C=C/CCCCCCCCCCCCCC. The standard InChI is InChI=1S/C41H81N2O6P/c1-6-8-10-12-14-16-18-20-22-24-26-28-30-32-34-40(44)39(38-49-50(46,47)48-37-36-43(3,4)5)42-41(45)35-33-31-29-27-25-23-21-19-17-15-13-11-9-7-2/h19,21,32,34,39-40,44H,6-18,20,22-31,33,35-38H2,1-5H3,(H-,42,45,46,47)/p+1/b21-19-,34-32+. The van der Waals surface area contributed by atoms with E-state index in [1.54, 1.807) is 6.08 Å². The second-order valence-corrected chi connectivity index (χ2v) is 16.8. The van der Waals surface area contributed by atoms with Crippen molar-refractivity contribution in [2.45, 2.75) is 193 Å². The molecule has 50 heavy (non-hydrogen) atoms. The first-order valence-electron chi connectivity index (χ1n) is 20.7. The number of carbonyl (C=O) groups excluding carboxylic acids is 1. The number of nitrogens with one attached hydrogen (secondary N) is 1. The Balaban J connectivity index is 4.50. The zero-order chi connectivity index (χ0) is 37.2. The lowest BCUT2D eigenvalue weighted by Gasteiger charge is -2.25. The summed E-state index contributed by atoms with van der Waals surface area (Å²) in [4.78, 5) is 23.0. The van der Waals surface area contributed by atoms with E-state index in [0.29, 0.717) is 17.4 Å². The lowest BCUT2D eigenvalue weighted by Crippen LogP contribution is -2.45. The van der Waals surface area contributed by atoms with Crippen LogP contribution in [0, 0.1) is 0 Å². The molecule has 0 aliphatic carbocycles. The third-order valence-corrected chi connectivity index (χ3v) is 10.1. The van der Waals surface area contributed by atoms with Gasteiger partial charge < -0.3 is 19.8 Å². The average Bonchev–Trinajstić information content (AvgIpc) is 3.06. The number of phosphoric ester groups is 1. The Morgan fingerprint density at radius 3 is 1.54 bits per heavy atom. The second-order valence-electron chi connectivity index (χ2n) is 15.4. The molecule has 0 spiro atoms. The van der Waals surface area contributed by atoms with E-state index in [-0.39, 0.29) is 19.1 Å². The van der Waals surface area contributed by atoms with Gasteiger partial charge in [0.1, 0.15) is 13.2 Å². The van der Waals surface area contributed by atoms with Crippen LogP contribution in [0.25, 0.3) is 0 Å². The van der Waals surface area contributed by atoms with Crippen LogP contribution in [0.3, 0.4) is 0 Å². The number of aliphatic hydroxyl groups is 1. The maximum atomic E-state index is 12.8. The molecule has 3 unspecified atom stereocenters. The van der Waals surface area contributed by atoms with Crippen LogP contribution in [-0.2, 0) is 18.4 Å². The van der Waals surface area contributed by atoms with Gasteiger partial charge >= 0.3 is 7.82 Å². The topological polar surface area (TPSA) is 105 Å². The number of aliphatic hydroxyl groups excluding tert-OH is 1. The molecular weight excluding hydrogens is 647 g/mol. The van der Waals surface area contributed by atoms with Crippen molar-refractivity contribution in [2.24, 2.45) is 0 Å². The molecule has 0 rings (SSSR count). The summed E-state index contributed by atoms with van der Waals surface area (Å²) >= 11 is 0. The average molecular weight is 730 g/mol. The van der Waals surface area contributed by atoms with Crippen molar-refractivity contribution in [3.63, 3.8) is 0 Å². The van der Waals surface area contributed by atoms with E-state index in [0.717, 1.165) is 51.4 Å². The Morgan fingerprint density at radius 2 is 1.08 bits per heavy atom. The minimum atomic E-state index is -4.33. The quantitative estimate of drug-likeness (QED) is 0.0254. The van der Waals surface area contributed by atoms with Gasteiger partial charge in [0.2, 0.25) is 5.91 Å². The van der Waals surface area contributed by atoms with Crippen molar-refractivity contribution in [3.8, 4) is 0 Å². The van der Waals surface area contributed by atoms with Gasteiger partial charge in [0.05, 0.1) is 39.9 Å². The molecule has 1 amide bonds. The van der Waals surface area contributed by atoms with E-state index in [4.69, 9.17) is 9.05 Å². The molecule has 0 fully saturated rings. The summed E-state index contributed by atoms with van der Waals surface area (Å²) in [7, 11) is 1.57. The number of amides is 1. The molecule has 296 valence electrons. The van der Waals surface area contributed by atoms with Crippen molar-refractivity contribution in [3.05, 3.63) is 24.3 Å². The molecule has 9 heteroatoms. The Morgan fingerprint density at radius 1 is 0.660 bits per heavy atom. The van der Waals surface area contributed by atoms with Gasteiger partial charge in [-0.2, -0.15) is 0 Å². The fourth-order valence-electron chi connectivity index (χ4n) is 5.80. The van der Waals surface area contributed by atoms with Gasteiger partial charge in [-0.25, -0.2) is 4.57 Å². The molecule has 0 aromatic carbocycles. The molecule has 8 nitrogen and oxygen atoms in total. The van der Waals surface area contributed by atoms with Crippen LogP contribution in [0.1, 0.15) is 181 Å². The molecule has 3 atom stereocenters. The zero-order valence-electron chi connectivity index (χ0n) is 33.4. The van der Waals surface area contributed by atoms with Gasteiger partial charge in [-0.3, -0.25) is 13.8 Å². The molecule has 0 aliphatic heterocycles. The van der Waals surface area contributed by atoms with E-state index < -0.39 is 20.0 Å². The lowest BCUT2D eigenvalue weighted by molar-refractivity contribution is -0.870. The maximum absolute atomic E-state index is 12.8. The zero-order valence-corrected chi connectivity index (χ0v) is 34.3. The summed E-state index contributed by atoms with van der Waals surface area (Å²) < 4.78 is 23.5. The molecule has 0 aliphatic rings. The minimum Gasteiger partial charge on any atom is -0.387 e. The number of unbranched alkanes of at least 4 members (excludes halogenated alkanes) is 22. The summed E-state index contributed by atoms with van der Waals surface area (Å²) in [5.74, 6) is -0.187. The van der Waals surface area contributed by atoms with Crippen molar-refractivity contribution >= 4 is 13.7 Å². The number of hydrogen-bond donors (Lipinski definition) is 3. The van der Waals surface area contributed by atoms with Crippen molar-refractivity contribution < 1.29 is 32.9 Å². The summed E-state index contributed by atoms with van der Waals surface area (Å²) in [6, 6.07) is -0.846. The Labute approximate surface area is 309 Å². The van der Waals surface area contributed by atoms with Crippen molar-refractivity contribution in [1.29, 1.82) is 0 Å². The molecule has 0 radical (unpaired) electrons. The molecule has 0 aromatic heterocycles. The molecule has 0 heterocycles. The van der Waals surface area contributed by atoms with Gasteiger partial charge in [0.15, 0.2) is 0 Å². The predicted molar refractivity (Wildman–Crippen MR) is 212 cm³/mol. The second kappa shape index (κ2) is 33.8.